The number of hydrogen-bond donors (Lipinski definition) is 1. The van der Waals surface area contributed by atoms with Gasteiger partial charge in [0.15, 0.2) is 0 Å². The van der Waals surface area contributed by atoms with Gasteiger partial charge in [0.25, 0.3) is 5.69 Å². The lowest BCUT2D eigenvalue weighted by molar-refractivity contribution is -0.385. The second kappa shape index (κ2) is 7.57. The van der Waals surface area contributed by atoms with Crippen molar-refractivity contribution in [2.45, 2.75) is 12.8 Å². The molecule has 0 bridgehead atoms. The van der Waals surface area contributed by atoms with E-state index in [0.29, 0.717) is 11.3 Å². The van der Waals surface area contributed by atoms with Crippen LogP contribution in [0, 0.1) is 10.1 Å². The minimum absolute atomic E-state index is 0.0387. The number of amides is 1. The van der Waals surface area contributed by atoms with E-state index in [0.717, 1.165) is 18.9 Å². The summed E-state index contributed by atoms with van der Waals surface area (Å²) in [5.41, 5.74) is 0.925. The second-order valence-corrected chi connectivity index (χ2v) is 5.74. The third kappa shape index (κ3) is 4.20. The molecule has 1 saturated heterocycles. The van der Waals surface area contributed by atoms with Crippen molar-refractivity contribution >= 4 is 29.2 Å². The lowest BCUT2D eigenvalue weighted by atomic mass is 10.1. The number of benzene rings is 1. The van der Waals surface area contributed by atoms with Gasteiger partial charge >= 0.3 is 0 Å². The van der Waals surface area contributed by atoms with Gasteiger partial charge in [0.1, 0.15) is 5.82 Å². The summed E-state index contributed by atoms with van der Waals surface area (Å²) < 4.78 is 0. The van der Waals surface area contributed by atoms with E-state index < -0.39 is 4.92 Å². The number of aromatic nitrogens is 1. The molecular weight excluding hydrogens is 320 g/mol. The van der Waals surface area contributed by atoms with E-state index in [4.69, 9.17) is 0 Å². The molecule has 25 heavy (non-hydrogen) atoms. The Hall–Kier alpha value is -3.22. The number of para-hydroxylation sites is 1. The van der Waals surface area contributed by atoms with Gasteiger partial charge in [-0.3, -0.25) is 14.9 Å². The summed E-state index contributed by atoms with van der Waals surface area (Å²) in [6.45, 7) is 2.02. The van der Waals surface area contributed by atoms with Gasteiger partial charge in [-0.2, -0.15) is 0 Å². The third-order valence-electron chi connectivity index (χ3n) is 3.99. The van der Waals surface area contributed by atoms with E-state index in [1.165, 1.54) is 31.1 Å². The SMILES string of the molecule is O=C(/C=C/c1ccccc1[N+](=O)[O-])Nc1ccc(N2CCCC2)nc1. The average molecular weight is 338 g/mol. The van der Waals surface area contributed by atoms with Crippen LogP contribution in [0.5, 0.6) is 0 Å². The third-order valence-corrected chi connectivity index (χ3v) is 3.99. The van der Waals surface area contributed by atoms with E-state index in [9.17, 15) is 14.9 Å². The average Bonchev–Trinajstić information content (AvgIpc) is 3.15. The molecule has 0 atom stereocenters. The van der Waals surface area contributed by atoms with Crippen LogP contribution in [-0.2, 0) is 4.79 Å². The molecule has 3 rings (SSSR count). The van der Waals surface area contributed by atoms with Crippen molar-refractivity contribution in [3.8, 4) is 0 Å². The minimum Gasteiger partial charge on any atom is -0.357 e. The maximum atomic E-state index is 12.0. The summed E-state index contributed by atoms with van der Waals surface area (Å²) >= 11 is 0. The molecule has 2 aromatic rings. The standard InChI is InChI=1S/C18H18N4O3/c23-18(10-7-14-5-1-2-6-16(14)22(24)25)20-15-8-9-17(19-13-15)21-11-3-4-12-21/h1-2,5-10,13H,3-4,11-12H2,(H,20,23)/b10-7+. The molecule has 7 nitrogen and oxygen atoms in total. The van der Waals surface area contributed by atoms with E-state index in [2.05, 4.69) is 15.2 Å². The number of anilines is 2. The van der Waals surface area contributed by atoms with Crippen LogP contribution in [-0.4, -0.2) is 28.9 Å². The van der Waals surface area contributed by atoms with Crippen molar-refractivity contribution in [1.29, 1.82) is 0 Å². The molecule has 0 radical (unpaired) electrons. The first-order valence-electron chi connectivity index (χ1n) is 8.07. The molecule has 1 aromatic carbocycles. The number of nitro benzene ring substituents is 1. The van der Waals surface area contributed by atoms with Crippen molar-refractivity contribution in [2.75, 3.05) is 23.3 Å². The normalized spacial score (nSPS) is 14.0. The van der Waals surface area contributed by atoms with Crippen molar-refractivity contribution < 1.29 is 9.72 Å². The highest BCUT2D eigenvalue weighted by atomic mass is 16.6. The van der Waals surface area contributed by atoms with Gasteiger partial charge in [-0.15, -0.1) is 0 Å². The second-order valence-electron chi connectivity index (χ2n) is 5.74. The van der Waals surface area contributed by atoms with Crippen LogP contribution in [0.25, 0.3) is 6.08 Å². The van der Waals surface area contributed by atoms with Crippen molar-refractivity contribution in [3.63, 3.8) is 0 Å². The number of hydrogen-bond acceptors (Lipinski definition) is 5. The van der Waals surface area contributed by atoms with Gasteiger partial charge in [0, 0.05) is 25.2 Å². The van der Waals surface area contributed by atoms with Gasteiger partial charge in [-0.1, -0.05) is 12.1 Å². The van der Waals surface area contributed by atoms with Crippen LogP contribution in [0.4, 0.5) is 17.2 Å². The largest absolute Gasteiger partial charge is 0.357 e. The Labute approximate surface area is 145 Å². The van der Waals surface area contributed by atoms with Crippen molar-refractivity contribution in [2.24, 2.45) is 0 Å². The molecule has 1 aromatic heterocycles. The van der Waals surface area contributed by atoms with Gasteiger partial charge in [0.05, 0.1) is 22.4 Å². The fraction of sp³-hybridized carbons (Fsp3) is 0.222. The maximum absolute atomic E-state index is 12.0. The smallest absolute Gasteiger partial charge is 0.276 e. The highest BCUT2D eigenvalue weighted by Crippen LogP contribution is 2.20. The maximum Gasteiger partial charge on any atom is 0.276 e. The van der Waals surface area contributed by atoms with E-state index >= 15 is 0 Å². The topological polar surface area (TPSA) is 88.4 Å². The molecule has 0 unspecified atom stereocenters. The van der Waals surface area contributed by atoms with Crippen LogP contribution in [0.3, 0.4) is 0 Å². The highest BCUT2D eigenvalue weighted by Gasteiger charge is 2.13. The number of carbonyl (C=O) groups excluding carboxylic acids is 1. The summed E-state index contributed by atoms with van der Waals surface area (Å²) in [6.07, 6.45) is 6.67. The Bertz CT molecular complexity index is 796. The van der Waals surface area contributed by atoms with Crippen molar-refractivity contribution in [3.05, 3.63) is 64.3 Å². The highest BCUT2D eigenvalue weighted by molar-refractivity contribution is 6.02. The molecule has 7 heteroatoms. The zero-order chi connectivity index (χ0) is 17.6. The molecule has 1 aliphatic heterocycles. The summed E-state index contributed by atoms with van der Waals surface area (Å²) in [5, 5.41) is 13.7. The number of pyridine rings is 1. The molecule has 0 saturated carbocycles. The number of rotatable bonds is 5. The van der Waals surface area contributed by atoms with Crippen LogP contribution in [0.1, 0.15) is 18.4 Å². The minimum atomic E-state index is -0.474. The van der Waals surface area contributed by atoms with E-state index in [1.807, 2.05) is 6.07 Å². The van der Waals surface area contributed by atoms with Crippen LogP contribution >= 0.6 is 0 Å². The Morgan fingerprint density at radius 2 is 1.96 bits per heavy atom. The summed E-state index contributed by atoms with van der Waals surface area (Å²) in [6, 6.07) is 9.95. The first-order valence-corrected chi connectivity index (χ1v) is 8.07. The number of nitrogens with one attached hydrogen (secondary N) is 1. The van der Waals surface area contributed by atoms with Gasteiger partial charge in [0.2, 0.25) is 5.91 Å². The lowest BCUT2D eigenvalue weighted by Gasteiger charge is -2.16. The van der Waals surface area contributed by atoms with Crippen LogP contribution in [0.15, 0.2) is 48.7 Å². The molecule has 128 valence electrons. The van der Waals surface area contributed by atoms with Gasteiger partial charge < -0.3 is 10.2 Å². The van der Waals surface area contributed by atoms with E-state index in [-0.39, 0.29) is 11.6 Å². The molecule has 2 heterocycles. The fourth-order valence-corrected chi connectivity index (χ4v) is 2.74. The van der Waals surface area contributed by atoms with Crippen molar-refractivity contribution in [1.82, 2.24) is 4.98 Å². The summed E-state index contributed by atoms with van der Waals surface area (Å²) in [4.78, 5) is 29.1. The van der Waals surface area contributed by atoms with Gasteiger partial charge in [-0.05, 0) is 37.1 Å². The van der Waals surface area contributed by atoms with Gasteiger partial charge in [-0.25, -0.2) is 4.98 Å². The summed E-state index contributed by atoms with van der Waals surface area (Å²) in [7, 11) is 0. The number of carbonyl (C=O) groups is 1. The molecule has 1 amide bonds. The lowest BCUT2D eigenvalue weighted by Crippen LogP contribution is -2.18. The molecule has 1 N–H and O–H groups in total. The first kappa shape index (κ1) is 16.6. The van der Waals surface area contributed by atoms with E-state index in [1.54, 1.807) is 30.5 Å². The number of nitrogens with zero attached hydrogens (tertiary/aromatic N) is 3. The summed E-state index contributed by atoms with van der Waals surface area (Å²) in [5.74, 6) is 0.542. The Kier molecular flexibility index (Phi) is 5.03. The molecule has 0 aliphatic carbocycles. The Morgan fingerprint density at radius 1 is 1.20 bits per heavy atom. The Balaban J connectivity index is 1.63. The molecule has 0 spiro atoms. The zero-order valence-electron chi connectivity index (χ0n) is 13.6. The Morgan fingerprint density at radius 3 is 2.64 bits per heavy atom. The molecule has 1 fully saturated rings. The zero-order valence-corrected chi connectivity index (χ0v) is 13.6. The monoisotopic (exact) mass is 338 g/mol. The number of nitro groups is 1. The molecule has 1 aliphatic rings. The quantitative estimate of drug-likeness (QED) is 0.513. The molecular formula is C18H18N4O3. The van der Waals surface area contributed by atoms with Crippen LogP contribution < -0.4 is 10.2 Å². The predicted octanol–water partition coefficient (Wildman–Crippen LogP) is 3.24. The first-order chi connectivity index (χ1) is 12.1. The fourth-order valence-electron chi connectivity index (χ4n) is 2.74. The predicted molar refractivity (Wildman–Crippen MR) is 96.4 cm³/mol. The van der Waals surface area contributed by atoms with Crippen LogP contribution in [0.2, 0.25) is 0 Å².